The Morgan fingerprint density at radius 1 is 0.318 bits per heavy atom. The van der Waals surface area contributed by atoms with E-state index in [-0.39, 0.29) is 93.1 Å². The molecule has 0 aromatic heterocycles. The first-order valence-corrected chi connectivity index (χ1v) is 27.8. The third-order valence-electron chi connectivity index (χ3n) is 14.8. The van der Waals surface area contributed by atoms with Gasteiger partial charge in [0.25, 0.3) is 0 Å². The maximum Gasteiger partial charge on any atom is 2.00 e. The molecule has 0 heterocycles. The Balaban J connectivity index is 0.000000174. The van der Waals surface area contributed by atoms with Crippen molar-refractivity contribution in [3.63, 3.8) is 0 Å². The van der Waals surface area contributed by atoms with Crippen LogP contribution in [0.1, 0.15) is 128 Å². The molecule has 0 bridgehead atoms. The quantitative estimate of drug-likeness (QED) is 0.115. The van der Waals surface area contributed by atoms with Crippen LogP contribution < -0.4 is 35.4 Å². The maximum absolute atomic E-state index is 2.55. The van der Waals surface area contributed by atoms with E-state index in [1.54, 1.807) is 10.6 Å². The number of halogens is 2. The zero-order valence-corrected chi connectivity index (χ0v) is 47.3. The first-order valence-electron chi connectivity index (χ1n) is 24.9. The van der Waals surface area contributed by atoms with Crippen molar-refractivity contribution < 1.29 is 77.2 Å². The summed E-state index contributed by atoms with van der Waals surface area (Å²) in [4.78, 5) is 0. The molecular formula is C60H70Cl2P2Zr2-2. The summed E-state index contributed by atoms with van der Waals surface area (Å²) in [5.74, 6) is 0. The first kappa shape index (κ1) is 55.5. The van der Waals surface area contributed by atoms with E-state index in [9.17, 15) is 0 Å². The molecule has 0 radical (unpaired) electrons. The van der Waals surface area contributed by atoms with Gasteiger partial charge in [0.15, 0.2) is 0 Å². The molecular weight excluding hydrogens is 1040 g/mol. The van der Waals surface area contributed by atoms with E-state index in [1.807, 2.05) is 0 Å². The van der Waals surface area contributed by atoms with E-state index in [1.165, 1.54) is 172 Å². The summed E-state index contributed by atoms with van der Waals surface area (Å²) >= 11 is 0. The van der Waals surface area contributed by atoms with Crippen molar-refractivity contribution in [2.45, 2.75) is 151 Å². The molecule has 0 nitrogen and oxygen atoms in total. The molecule has 0 N–H and O–H groups in total. The largest absolute Gasteiger partial charge is 2.00 e. The summed E-state index contributed by atoms with van der Waals surface area (Å²) in [6, 6.07) is 57.5. The monoisotopic (exact) mass is 1100 g/mol. The van der Waals surface area contributed by atoms with Gasteiger partial charge in [-0.3, -0.25) is 0 Å². The van der Waals surface area contributed by atoms with Gasteiger partial charge >= 0.3 is 52.4 Å². The predicted molar refractivity (Wildman–Crippen MR) is 279 cm³/mol. The molecule has 4 fully saturated rings. The summed E-state index contributed by atoms with van der Waals surface area (Å²) in [6.45, 7) is 0. The Kier molecular flexibility index (Phi) is 24.4. The fraction of sp³-hybridized carbons (Fsp3) is 0.400. The molecule has 0 aliphatic heterocycles. The standard InChI is InChI=1S/2C21H28P.2C9H7.2ClH.2Zr/c2*1-3-11-19(12-4-1)22(20-13-5-2-6-14-20)21-15-17-9-7-8-10-18(17)16-21;2*1-2-5-9-7-3-6-8(9)4-1;;;;/h2*7-10,15-16,19-20H,1-6,11-14H2;2*1-7H;2*1H;;/q4*-1;;;2*+2/p-2. The van der Waals surface area contributed by atoms with E-state index in [0.29, 0.717) is 0 Å². The average Bonchev–Trinajstić information content (AvgIpc) is 4.18. The van der Waals surface area contributed by atoms with Gasteiger partial charge in [0.2, 0.25) is 0 Å². The molecule has 4 aliphatic carbocycles. The summed E-state index contributed by atoms with van der Waals surface area (Å²) in [5.41, 5.74) is 4.07. The van der Waals surface area contributed by atoms with Crippen molar-refractivity contribution in [3.05, 3.63) is 158 Å². The number of hydrogen-bond acceptors (Lipinski definition) is 0. The molecule has 0 spiro atoms. The fourth-order valence-electron chi connectivity index (χ4n) is 11.6. The molecule has 0 saturated heterocycles. The molecule has 12 rings (SSSR count). The van der Waals surface area contributed by atoms with Gasteiger partial charge in [-0.1, -0.05) is 117 Å². The van der Waals surface area contributed by atoms with Crippen LogP contribution in [0.15, 0.2) is 158 Å². The van der Waals surface area contributed by atoms with Crippen LogP contribution in [-0.4, -0.2) is 22.6 Å². The van der Waals surface area contributed by atoms with Gasteiger partial charge in [-0.05, 0) is 74.0 Å². The average molecular weight is 1110 g/mol. The Morgan fingerprint density at radius 3 is 0.879 bits per heavy atom. The summed E-state index contributed by atoms with van der Waals surface area (Å²) < 4.78 is 0. The topological polar surface area (TPSA) is 0 Å². The first-order chi connectivity index (χ1) is 30.8. The Bertz CT molecular complexity index is 2180. The van der Waals surface area contributed by atoms with Crippen LogP contribution in [0.4, 0.5) is 0 Å². The van der Waals surface area contributed by atoms with Gasteiger partial charge in [0.05, 0.1) is 0 Å². The second kappa shape index (κ2) is 29.0. The second-order valence-electron chi connectivity index (χ2n) is 19.0. The van der Waals surface area contributed by atoms with Crippen LogP contribution in [0.5, 0.6) is 0 Å². The zero-order valence-electron chi connectivity index (χ0n) is 39.1. The molecule has 66 heavy (non-hydrogen) atoms. The van der Waals surface area contributed by atoms with Crippen LogP contribution >= 0.6 is 15.8 Å². The minimum Gasteiger partial charge on any atom is -1.00 e. The van der Waals surface area contributed by atoms with Gasteiger partial charge in [-0.15, -0.1) is 140 Å². The predicted octanol–water partition coefficient (Wildman–Crippen LogP) is 11.8. The van der Waals surface area contributed by atoms with E-state index in [0.717, 1.165) is 22.6 Å². The van der Waals surface area contributed by atoms with E-state index < -0.39 is 0 Å². The molecule has 0 atom stereocenters. The van der Waals surface area contributed by atoms with Gasteiger partial charge in [0, 0.05) is 0 Å². The Hall–Kier alpha value is -1.47. The van der Waals surface area contributed by atoms with Gasteiger partial charge < -0.3 is 24.8 Å². The van der Waals surface area contributed by atoms with Gasteiger partial charge in [0.1, 0.15) is 0 Å². The normalized spacial score (nSPS) is 17.2. The molecule has 8 aromatic rings. The van der Waals surface area contributed by atoms with Crippen molar-refractivity contribution >= 4 is 69.5 Å². The van der Waals surface area contributed by atoms with E-state index in [4.69, 9.17) is 0 Å². The fourth-order valence-corrected chi connectivity index (χ4v) is 19.3. The minimum absolute atomic E-state index is 0. The number of hydrogen-bond donors (Lipinski definition) is 0. The van der Waals surface area contributed by atoms with Crippen molar-refractivity contribution in [3.8, 4) is 0 Å². The maximum atomic E-state index is 2.55. The Morgan fingerprint density at radius 2 is 0.591 bits per heavy atom. The minimum atomic E-state index is 0. The summed E-state index contributed by atoms with van der Waals surface area (Å²) in [7, 11) is 0.122. The number of rotatable bonds is 6. The smallest absolute Gasteiger partial charge is 1.00 e. The Labute approximate surface area is 451 Å². The summed E-state index contributed by atoms with van der Waals surface area (Å²) in [5, 5.41) is 14.7. The van der Waals surface area contributed by atoms with Gasteiger partial charge in [-0.2, -0.15) is 47.2 Å². The molecule has 4 aliphatic rings. The van der Waals surface area contributed by atoms with Crippen molar-refractivity contribution in [1.29, 1.82) is 0 Å². The van der Waals surface area contributed by atoms with Crippen molar-refractivity contribution in [2.24, 2.45) is 0 Å². The number of fused-ring (bicyclic) bond motifs is 4. The molecule has 0 amide bonds. The third-order valence-corrected chi connectivity index (χ3v) is 21.7. The van der Waals surface area contributed by atoms with E-state index >= 15 is 0 Å². The SMILES string of the molecule is [Cl-].[Cl-].[Zr+2].[Zr+2].c1ccc2[cH-]c(P(C3CCCCC3)C3CCCCC3)cc2c1.c1ccc2[cH-]c(P(C3CCCCC3)C3CCCCC3)cc2c1.c1ccc2[cH-]ccc2c1.c1ccc2[cH-]ccc2c1. The van der Waals surface area contributed by atoms with E-state index in [2.05, 4.69) is 158 Å². The summed E-state index contributed by atoms with van der Waals surface area (Å²) in [6.07, 6.45) is 29.8. The molecule has 4 saturated carbocycles. The zero-order chi connectivity index (χ0) is 41.8. The van der Waals surface area contributed by atoms with Crippen molar-refractivity contribution in [1.82, 2.24) is 0 Å². The van der Waals surface area contributed by atoms with Crippen LogP contribution in [0.25, 0.3) is 43.1 Å². The van der Waals surface area contributed by atoms with Crippen LogP contribution in [0, 0.1) is 0 Å². The molecule has 6 heteroatoms. The van der Waals surface area contributed by atoms with Crippen LogP contribution in [-0.2, 0) is 52.4 Å². The molecule has 8 aromatic carbocycles. The number of benzene rings is 4. The van der Waals surface area contributed by atoms with Crippen LogP contribution in [0.2, 0.25) is 0 Å². The van der Waals surface area contributed by atoms with Crippen molar-refractivity contribution in [2.75, 3.05) is 0 Å². The molecule has 0 unspecified atom stereocenters. The second-order valence-corrected chi connectivity index (χ2v) is 24.6. The van der Waals surface area contributed by atoms with Crippen LogP contribution in [0.3, 0.4) is 0 Å². The molecule has 344 valence electrons. The van der Waals surface area contributed by atoms with Gasteiger partial charge in [-0.25, -0.2) is 0 Å². The third kappa shape index (κ3) is 14.8.